The Kier molecular flexibility index (Phi) is 5.21. The van der Waals surface area contributed by atoms with Crippen molar-refractivity contribution in [1.29, 1.82) is 0 Å². The highest BCUT2D eigenvalue weighted by atomic mass is 35.5. The molecule has 1 atom stereocenters. The lowest BCUT2D eigenvalue weighted by atomic mass is 10.00. The molecule has 0 saturated heterocycles. The van der Waals surface area contributed by atoms with Crippen molar-refractivity contribution in [1.82, 2.24) is 20.3 Å². The maximum atomic E-state index is 12.4. The van der Waals surface area contributed by atoms with Crippen LogP contribution in [0, 0.1) is 13.8 Å². The molecule has 0 bridgehead atoms. The zero-order valence-electron chi connectivity index (χ0n) is 16.8. The fourth-order valence-electron chi connectivity index (χ4n) is 3.94. The van der Waals surface area contributed by atoms with Crippen LogP contribution in [0.25, 0.3) is 0 Å². The Bertz CT molecular complexity index is 962. The van der Waals surface area contributed by atoms with Crippen LogP contribution in [-0.2, 0) is 11.3 Å². The van der Waals surface area contributed by atoms with E-state index in [2.05, 4.69) is 25.2 Å². The Morgan fingerprint density at radius 3 is 2.83 bits per heavy atom. The highest BCUT2D eigenvalue weighted by Gasteiger charge is 2.36. The van der Waals surface area contributed by atoms with E-state index in [1.165, 1.54) is 0 Å². The molecule has 2 aromatic rings. The van der Waals surface area contributed by atoms with Crippen molar-refractivity contribution in [2.24, 2.45) is 0 Å². The van der Waals surface area contributed by atoms with Crippen molar-refractivity contribution >= 4 is 29.3 Å². The fourth-order valence-corrected chi connectivity index (χ4v) is 4.26. The van der Waals surface area contributed by atoms with E-state index in [0.717, 1.165) is 41.0 Å². The number of ether oxygens (including phenoxy) is 1. The van der Waals surface area contributed by atoms with Crippen molar-refractivity contribution in [2.45, 2.75) is 51.6 Å². The number of hydrogen-bond donors (Lipinski definition) is 2. The zero-order valence-corrected chi connectivity index (χ0v) is 17.6. The molecular weight excluding hydrogens is 392 g/mol. The molecule has 1 saturated carbocycles. The average Bonchev–Trinajstić information content (AvgIpc) is 3.40. The summed E-state index contributed by atoms with van der Waals surface area (Å²) < 4.78 is 5.53. The first kappa shape index (κ1) is 19.7. The molecule has 1 aliphatic heterocycles. The van der Waals surface area contributed by atoms with Crippen LogP contribution >= 0.6 is 11.6 Å². The number of nitrogens with zero attached hydrogens (tertiary/aromatic N) is 4. The van der Waals surface area contributed by atoms with Crippen molar-refractivity contribution in [2.75, 3.05) is 24.3 Å². The molecule has 1 amide bonds. The molecule has 0 spiro atoms. The maximum Gasteiger partial charge on any atom is 0.223 e. The molecule has 3 heterocycles. The van der Waals surface area contributed by atoms with Crippen molar-refractivity contribution in [3.8, 4) is 5.75 Å². The van der Waals surface area contributed by atoms with Gasteiger partial charge in [0.05, 0.1) is 19.3 Å². The van der Waals surface area contributed by atoms with Gasteiger partial charge in [0.25, 0.3) is 0 Å². The molecular formula is C20H25ClN6O2. The lowest BCUT2D eigenvalue weighted by Gasteiger charge is -2.21. The number of fused-ring (bicyclic) bond motifs is 1. The number of rotatable bonds is 6. The van der Waals surface area contributed by atoms with Gasteiger partial charge in [0.1, 0.15) is 16.7 Å². The maximum absolute atomic E-state index is 12.4. The van der Waals surface area contributed by atoms with E-state index in [0.29, 0.717) is 36.5 Å². The van der Waals surface area contributed by atoms with Crippen LogP contribution in [0.5, 0.6) is 5.75 Å². The van der Waals surface area contributed by atoms with E-state index in [1.54, 1.807) is 13.3 Å². The van der Waals surface area contributed by atoms with E-state index in [4.69, 9.17) is 22.1 Å². The van der Waals surface area contributed by atoms with Gasteiger partial charge in [0.2, 0.25) is 11.9 Å². The van der Waals surface area contributed by atoms with Gasteiger partial charge in [-0.15, -0.1) is 0 Å². The Morgan fingerprint density at radius 1 is 1.38 bits per heavy atom. The van der Waals surface area contributed by atoms with Crippen LogP contribution in [-0.4, -0.2) is 40.6 Å². The van der Waals surface area contributed by atoms with E-state index >= 15 is 0 Å². The Labute approximate surface area is 174 Å². The number of methoxy groups -OCH3 is 1. The third-order valence-corrected chi connectivity index (χ3v) is 5.80. The predicted molar refractivity (Wildman–Crippen MR) is 111 cm³/mol. The SMILES string of the molecule is COc1c(C)cnc(CN2CC(CC(=O)NC3CC3)c3c(Cl)nc(N)nc32)c1C. The third kappa shape index (κ3) is 3.94. The second-order valence-corrected chi connectivity index (χ2v) is 8.14. The lowest BCUT2D eigenvalue weighted by Crippen LogP contribution is -2.29. The van der Waals surface area contributed by atoms with Crippen LogP contribution in [0.15, 0.2) is 6.20 Å². The topological polar surface area (TPSA) is 106 Å². The lowest BCUT2D eigenvalue weighted by molar-refractivity contribution is -0.121. The normalized spacial score (nSPS) is 17.9. The van der Waals surface area contributed by atoms with Gasteiger partial charge in [-0.05, 0) is 26.7 Å². The minimum absolute atomic E-state index is 0.0319. The van der Waals surface area contributed by atoms with Crippen LogP contribution in [0.2, 0.25) is 5.15 Å². The van der Waals surface area contributed by atoms with Crippen LogP contribution in [0.1, 0.15) is 47.6 Å². The summed E-state index contributed by atoms with van der Waals surface area (Å²) in [6.45, 7) is 5.08. The quantitative estimate of drug-likeness (QED) is 0.696. The second-order valence-electron chi connectivity index (χ2n) is 7.78. The average molecular weight is 417 g/mol. The van der Waals surface area contributed by atoms with E-state index in [9.17, 15) is 4.79 Å². The van der Waals surface area contributed by atoms with Gasteiger partial charge in [-0.2, -0.15) is 4.98 Å². The summed E-state index contributed by atoms with van der Waals surface area (Å²) in [4.78, 5) is 27.6. The van der Waals surface area contributed by atoms with Gasteiger partial charge in [-0.3, -0.25) is 9.78 Å². The molecule has 2 aliphatic rings. The zero-order chi connectivity index (χ0) is 20.7. The number of amides is 1. The van der Waals surface area contributed by atoms with Gasteiger partial charge < -0.3 is 20.7 Å². The molecule has 8 nitrogen and oxygen atoms in total. The largest absolute Gasteiger partial charge is 0.496 e. The number of nitrogens with one attached hydrogen (secondary N) is 1. The van der Waals surface area contributed by atoms with E-state index in [-0.39, 0.29) is 17.8 Å². The molecule has 154 valence electrons. The molecule has 1 unspecified atom stereocenters. The van der Waals surface area contributed by atoms with Crippen LogP contribution < -0.4 is 20.7 Å². The Hall–Kier alpha value is -2.61. The number of nitrogen functional groups attached to an aromatic ring is 1. The number of pyridine rings is 1. The number of carbonyl (C=O) groups is 1. The monoisotopic (exact) mass is 416 g/mol. The third-order valence-electron chi connectivity index (χ3n) is 5.51. The number of anilines is 2. The fraction of sp³-hybridized carbons (Fsp3) is 0.500. The van der Waals surface area contributed by atoms with E-state index in [1.807, 2.05) is 13.8 Å². The number of carbonyl (C=O) groups excluding carboxylic acids is 1. The molecule has 9 heteroatoms. The van der Waals surface area contributed by atoms with Gasteiger partial charge in [0.15, 0.2) is 0 Å². The van der Waals surface area contributed by atoms with Crippen LogP contribution in [0.3, 0.4) is 0 Å². The Morgan fingerprint density at radius 2 is 2.14 bits per heavy atom. The summed E-state index contributed by atoms with van der Waals surface area (Å²) >= 11 is 6.41. The summed E-state index contributed by atoms with van der Waals surface area (Å²) in [5, 5.41) is 3.35. The first-order valence-electron chi connectivity index (χ1n) is 9.73. The van der Waals surface area contributed by atoms with Crippen LogP contribution in [0.4, 0.5) is 11.8 Å². The Balaban J connectivity index is 1.62. The highest BCUT2D eigenvalue weighted by molar-refractivity contribution is 6.30. The highest BCUT2D eigenvalue weighted by Crippen LogP contribution is 2.42. The molecule has 1 aliphatic carbocycles. The second kappa shape index (κ2) is 7.67. The molecule has 4 rings (SSSR count). The number of aryl methyl sites for hydroxylation is 1. The number of aromatic nitrogens is 3. The van der Waals surface area contributed by atoms with Crippen molar-refractivity contribution in [3.63, 3.8) is 0 Å². The number of halogens is 1. The first-order chi connectivity index (χ1) is 13.9. The van der Waals surface area contributed by atoms with Gasteiger partial charge in [0, 0.05) is 47.8 Å². The smallest absolute Gasteiger partial charge is 0.223 e. The molecule has 2 aromatic heterocycles. The summed E-state index contributed by atoms with van der Waals surface area (Å²) in [7, 11) is 1.66. The van der Waals surface area contributed by atoms with Gasteiger partial charge in [-0.25, -0.2) is 4.98 Å². The van der Waals surface area contributed by atoms with Gasteiger partial charge >= 0.3 is 0 Å². The first-order valence-corrected chi connectivity index (χ1v) is 10.1. The molecule has 0 radical (unpaired) electrons. The summed E-state index contributed by atoms with van der Waals surface area (Å²) in [5.41, 5.74) is 9.49. The van der Waals surface area contributed by atoms with Crippen molar-refractivity contribution in [3.05, 3.63) is 33.7 Å². The molecule has 1 fully saturated rings. The standard InChI is InChI=1S/C20H25ClN6O2/c1-10-7-23-14(11(2)17(10)29-3)9-27-8-12(6-15(28)24-13-4-5-13)16-18(21)25-20(22)26-19(16)27/h7,12-13H,4-6,8-9H2,1-3H3,(H,24,28)(H2,22,25,26). The van der Waals surface area contributed by atoms with E-state index < -0.39 is 0 Å². The number of nitrogens with two attached hydrogens (primary N) is 1. The summed E-state index contributed by atoms with van der Waals surface area (Å²) in [6.07, 6.45) is 4.26. The predicted octanol–water partition coefficient (Wildman–Crippen LogP) is 2.51. The molecule has 3 N–H and O–H groups in total. The van der Waals surface area contributed by atoms with Crippen molar-refractivity contribution < 1.29 is 9.53 Å². The molecule has 0 aromatic carbocycles. The minimum Gasteiger partial charge on any atom is -0.496 e. The molecule has 29 heavy (non-hydrogen) atoms. The summed E-state index contributed by atoms with van der Waals surface area (Å²) in [5.74, 6) is 1.56. The summed E-state index contributed by atoms with van der Waals surface area (Å²) in [6, 6.07) is 0.324. The number of hydrogen-bond acceptors (Lipinski definition) is 7. The minimum atomic E-state index is -0.0931. The van der Waals surface area contributed by atoms with Gasteiger partial charge in [-0.1, -0.05) is 11.6 Å².